The van der Waals surface area contributed by atoms with Crippen LogP contribution in [0, 0.1) is 11.8 Å². The molecule has 176 valence electrons. The van der Waals surface area contributed by atoms with Crippen LogP contribution in [-0.4, -0.2) is 38.9 Å². The molecule has 1 atom stereocenters. The van der Waals surface area contributed by atoms with Gasteiger partial charge >= 0.3 is 0 Å². The lowest BCUT2D eigenvalue weighted by atomic mass is 9.81. The molecule has 0 bridgehead atoms. The van der Waals surface area contributed by atoms with Gasteiger partial charge in [0.25, 0.3) is 0 Å². The second-order valence-electron chi connectivity index (χ2n) is 9.79. The minimum atomic E-state index is -3.61. The van der Waals surface area contributed by atoms with Crippen molar-refractivity contribution in [3.8, 4) is 0 Å². The first-order chi connectivity index (χ1) is 15.2. The Morgan fingerprint density at radius 1 is 1.06 bits per heavy atom. The van der Waals surface area contributed by atoms with Gasteiger partial charge in [-0.25, -0.2) is 13.1 Å². The maximum absolute atomic E-state index is 12.9. The second kappa shape index (κ2) is 9.51. The van der Waals surface area contributed by atoms with Crippen LogP contribution in [0.25, 0.3) is 0 Å². The van der Waals surface area contributed by atoms with Gasteiger partial charge in [-0.15, -0.1) is 0 Å². The Balaban J connectivity index is 1.29. The molecular formula is C24H35N3O4S. The van der Waals surface area contributed by atoms with Gasteiger partial charge in [0, 0.05) is 37.2 Å². The van der Waals surface area contributed by atoms with E-state index >= 15 is 0 Å². The standard InChI is InChI=1S/C24H35N3O4S/c1-16-13-20-14-22(11-12-23(20)27(16)17(2)28)32(30,31)25-15-18-7-9-19(10-8-18)24(29)26-21-5-3-4-6-21/h11-12,14,16,18-19,21,25H,3-10,13,15H2,1-2H3,(H,26,29). The molecule has 2 aliphatic carbocycles. The third-order valence-corrected chi connectivity index (χ3v) is 8.82. The molecule has 0 saturated heterocycles. The zero-order valence-electron chi connectivity index (χ0n) is 19.1. The van der Waals surface area contributed by atoms with Crippen molar-refractivity contribution in [2.45, 2.75) is 88.6 Å². The monoisotopic (exact) mass is 461 g/mol. The van der Waals surface area contributed by atoms with E-state index in [4.69, 9.17) is 0 Å². The van der Waals surface area contributed by atoms with Crippen LogP contribution in [0.15, 0.2) is 23.1 Å². The number of nitrogens with zero attached hydrogens (tertiary/aromatic N) is 1. The van der Waals surface area contributed by atoms with Crippen molar-refractivity contribution in [3.05, 3.63) is 23.8 Å². The summed E-state index contributed by atoms with van der Waals surface area (Å²) >= 11 is 0. The average molecular weight is 462 g/mol. The molecule has 2 amide bonds. The number of fused-ring (bicyclic) bond motifs is 1. The van der Waals surface area contributed by atoms with Gasteiger partial charge in [-0.3, -0.25) is 9.59 Å². The number of carbonyl (C=O) groups excluding carboxylic acids is 2. The van der Waals surface area contributed by atoms with Crippen LogP contribution in [0.2, 0.25) is 0 Å². The van der Waals surface area contributed by atoms with Crippen molar-refractivity contribution in [2.24, 2.45) is 11.8 Å². The fraction of sp³-hybridized carbons (Fsp3) is 0.667. The highest BCUT2D eigenvalue weighted by Gasteiger charge is 2.31. The summed E-state index contributed by atoms with van der Waals surface area (Å²) in [5.41, 5.74) is 1.70. The number of nitrogens with one attached hydrogen (secondary N) is 2. The summed E-state index contributed by atoms with van der Waals surface area (Å²) in [5.74, 6) is 0.467. The molecule has 1 heterocycles. The van der Waals surface area contributed by atoms with E-state index in [1.165, 1.54) is 19.8 Å². The smallest absolute Gasteiger partial charge is 0.240 e. The van der Waals surface area contributed by atoms with Crippen molar-refractivity contribution in [1.82, 2.24) is 10.0 Å². The van der Waals surface area contributed by atoms with Crippen LogP contribution in [-0.2, 0) is 26.0 Å². The van der Waals surface area contributed by atoms with Crippen molar-refractivity contribution in [3.63, 3.8) is 0 Å². The van der Waals surface area contributed by atoms with Crippen LogP contribution in [0.3, 0.4) is 0 Å². The SMILES string of the molecule is CC(=O)N1c2ccc(S(=O)(=O)NCC3CCC(C(=O)NC4CCCC4)CC3)cc2CC1C. The van der Waals surface area contributed by atoms with Gasteiger partial charge in [0.1, 0.15) is 0 Å². The summed E-state index contributed by atoms with van der Waals surface area (Å²) in [4.78, 5) is 26.4. The number of amides is 2. The molecule has 1 unspecified atom stereocenters. The number of sulfonamides is 1. The van der Waals surface area contributed by atoms with Crippen LogP contribution in [0.4, 0.5) is 5.69 Å². The molecule has 0 spiro atoms. The molecule has 0 aromatic heterocycles. The topological polar surface area (TPSA) is 95.6 Å². The lowest BCUT2D eigenvalue weighted by molar-refractivity contribution is -0.127. The quantitative estimate of drug-likeness (QED) is 0.680. The zero-order valence-corrected chi connectivity index (χ0v) is 19.9. The van der Waals surface area contributed by atoms with E-state index in [2.05, 4.69) is 10.0 Å². The number of carbonyl (C=O) groups is 2. The molecule has 2 N–H and O–H groups in total. The van der Waals surface area contributed by atoms with E-state index < -0.39 is 10.0 Å². The van der Waals surface area contributed by atoms with Gasteiger partial charge in [-0.05, 0) is 81.5 Å². The first-order valence-corrected chi connectivity index (χ1v) is 13.5. The number of benzene rings is 1. The average Bonchev–Trinajstić information content (AvgIpc) is 3.38. The van der Waals surface area contributed by atoms with E-state index in [-0.39, 0.29) is 34.6 Å². The largest absolute Gasteiger partial charge is 0.353 e. The third kappa shape index (κ3) is 5.01. The van der Waals surface area contributed by atoms with Crippen molar-refractivity contribution in [1.29, 1.82) is 0 Å². The lowest BCUT2D eigenvalue weighted by Gasteiger charge is -2.28. The Kier molecular flexibility index (Phi) is 6.91. The minimum absolute atomic E-state index is 0.0301. The normalized spacial score (nSPS) is 26.2. The van der Waals surface area contributed by atoms with Crippen LogP contribution in [0.5, 0.6) is 0 Å². The molecule has 1 aliphatic heterocycles. The molecule has 1 aromatic carbocycles. The molecule has 2 fully saturated rings. The first kappa shape index (κ1) is 23.2. The Labute approximate surface area is 191 Å². The van der Waals surface area contributed by atoms with Crippen LogP contribution < -0.4 is 14.9 Å². The predicted octanol–water partition coefficient (Wildman–Crippen LogP) is 3.13. The summed E-state index contributed by atoms with van der Waals surface area (Å²) in [7, 11) is -3.61. The maximum atomic E-state index is 12.9. The van der Waals surface area contributed by atoms with Gasteiger partial charge in [-0.2, -0.15) is 0 Å². The molecule has 1 aromatic rings. The summed E-state index contributed by atoms with van der Waals surface area (Å²) in [6, 6.07) is 5.41. The van der Waals surface area contributed by atoms with Gasteiger partial charge in [0.05, 0.1) is 4.90 Å². The van der Waals surface area contributed by atoms with Crippen molar-refractivity contribution in [2.75, 3.05) is 11.4 Å². The van der Waals surface area contributed by atoms with Crippen LogP contribution >= 0.6 is 0 Å². The van der Waals surface area contributed by atoms with E-state index in [1.54, 1.807) is 23.1 Å². The fourth-order valence-corrected chi connectivity index (χ4v) is 6.75. The van der Waals surface area contributed by atoms with Gasteiger partial charge in [0.2, 0.25) is 21.8 Å². The Morgan fingerprint density at radius 3 is 2.41 bits per heavy atom. The number of anilines is 1. The lowest BCUT2D eigenvalue weighted by Crippen LogP contribution is -2.39. The highest BCUT2D eigenvalue weighted by molar-refractivity contribution is 7.89. The van der Waals surface area contributed by atoms with E-state index in [9.17, 15) is 18.0 Å². The Morgan fingerprint density at radius 2 is 1.75 bits per heavy atom. The molecule has 7 nitrogen and oxygen atoms in total. The predicted molar refractivity (Wildman–Crippen MR) is 124 cm³/mol. The number of hydrogen-bond acceptors (Lipinski definition) is 4. The number of hydrogen-bond donors (Lipinski definition) is 2. The summed E-state index contributed by atoms with van der Waals surface area (Å²) in [6.45, 7) is 3.90. The molecule has 0 radical (unpaired) electrons. The number of rotatable bonds is 6. The van der Waals surface area contributed by atoms with Gasteiger partial charge in [-0.1, -0.05) is 12.8 Å². The van der Waals surface area contributed by atoms with Crippen molar-refractivity contribution < 1.29 is 18.0 Å². The Hall–Kier alpha value is -1.93. The van der Waals surface area contributed by atoms with E-state index in [0.717, 1.165) is 49.8 Å². The summed E-state index contributed by atoms with van der Waals surface area (Å²) < 4.78 is 28.5. The zero-order chi connectivity index (χ0) is 22.9. The van der Waals surface area contributed by atoms with E-state index in [1.807, 2.05) is 6.92 Å². The summed E-state index contributed by atoms with van der Waals surface area (Å²) in [5, 5.41) is 3.20. The molecule has 4 rings (SSSR count). The maximum Gasteiger partial charge on any atom is 0.240 e. The highest BCUT2D eigenvalue weighted by Crippen LogP contribution is 2.34. The van der Waals surface area contributed by atoms with Crippen LogP contribution in [0.1, 0.15) is 70.8 Å². The van der Waals surface area contributed by atoms with Crippen molar-refractivity contribution >= 4 is 27.5 Å². The van der Waals surface area contributed by atoms with E-state index in [0.29, 0.717) is 19.0 Å². The summed E-state index contributed by atoms with van der Waals surface area (Å²) in [6.07, 6.45) is 8.62. The van der Waals surface area contributed by atoms with Gasteiger partial charge in [0.15, 0.2) is 0 Å². The van der Waals surface area contributed by atoms with Gasteiger partial charge < -0.3 is 10.2 Å². The highest BCUT2D eigenvalue weighted by atomic mass is 32.2. The molecule has 8 heteroatoms. The molecule has 3 aliphatic rings. The second-order valence-corrected chi connectivity index (χ2v) is 11.6. The molecule has 32 heavy (non-hydrogen) atoms. The Bertz CT molecular complexity index is 963. The fourth-order valence-electron chi connectivity index (χ4n) is 5.58. The molecule has 2 saturated carbocycles. The minimum Gasteiger partial charge on any atom is -0.353 e. The molecular weight excluding hydrogens is 426 g/mol. The third-order valence-electron chi connectivity index (χ3n) is 7.40. The first-order valence-electron chi connectivity index (χ1n) is 12.0.